The van der Waals surface area contributed by atoms with Gasteiger partial charge < -0.3 is 14.4 Å². The van der Waals surface area contributed by atoms with E-state index in [4.69, 9.17) is 9.47 Å². The molecule has 2 aliphatic heterocycles. The lowest BCUT2D eigenvalue weighted by Gasteiger charge is -2.34. The number of fused-ring (bicyclic) bond motifs is 1. The molecule has 0 spiro atoms. The van der Waals surface area contributed by atoms with E-state index >= 15 is 0 Å². The van der Waals surface area contributed by atoms with Crippen LogP contribution in [0.5, 0.6) is 11.5 Å². The first-order chi connectivity index (χ1) is 14.7. The molecule has 5 rings (SSSR count). The Bertz CT molecular complexity index is 1070. The first-order valence-corrected chi connectivity index (χ1v) is 9.93. The summed E-state index contributed by atoms with van der Waals surface area (Å²) in [6, 6.07) is 13.5. The summed E-state index contributed by atoms with van der Waals surface area (Å²) in [7, 11) is 0. The summed E-state index contributed by atoms with van der Waals surface area (Å²) in [4.78, 5) is 17.3. The minimum absolute atomic E-state index is 0.0327. The van der Waals surface area contributed by atoms with Gasteiger partial charge in [-0.1, -0.05) is 12.1 Å². The van der Waals surface area contributed by atoms with Gasteiger partial charge in [0.25, 0.3) is 5.91 Å². The summed E-state index contributed by atoms with van der Waals surface area (Å²) >= 11 is 0. The fraction of sp³-hybridized carbons (Fsp3) is 0.333. The fourth-order valence-electron chi connectivity index (χ4n) is 3.83. The Hall–Kier alpha value is -3.46. The number of rotatable bonds is 4. The number of aryl methyl sites for hydroxylation is 1. The van der Waals surface area contributed by atoms with E-state index in [1.807, 2.05) is 48.2 Å². The van der Waals surface area contributed by atoms with E-state index in [-0.39, 0.29) is 12.7 Å². The van der Waals surface area contributed by atoms with E-state index in [9.17, 15) is 4.79 Å². The lowest BCUT2D eigenvalue weighted by atomic mass is 10.1. The molecule has 1 aromatic heterocycles. The quantitative estimate of drug-likeness (QED) is 0.651. The van der Waals surface area contributed by atoms with Crippen LogP contribution in [-0.2, 0) is 6.54 Å². The zero-order chi connectivity index (χ0) is 20.5. The van der Waals surface area contributed by atoms with Crippen LogP contribution in [0.15, 0.2) is 42.5 Å². The van der Waals surface area contributed by atoms with E-state index in [2.05, 4.69) is 26.5 Å². The molecule has 0 N–H and O–H groups in total. The van der Waals surface area contributed by atoms with E-state index in [1.54, 1.807) is 4.68 Å². The highest BCUT2D eigenvalue weighted by molar-refractivity contribution is 5.94. The van der Waals surface area contributed by atoms with Gasteiger partial charge in [-0.05, 0) is 53.2 Å². The number of carbonyl (C=O) groups excluding carboxylic acids is 1. The summed E-state index contributed by atoms with van der Waals surface area (Å²) in [5.74, 6) is 2.31. The molecule has 0 atom stereocenters. The van der Waals surface area contributed by atoms with Gasteiger partial charge in [0.2, 0.25) is 6.79 Å². The number of piperazine rings is 1. The van der Waals surface area contributed by atoms with Crippen molar-refractivity contribution in [3.05, 3.63) is 59.4 Å². The second-order valence-electron chi connectivity index (χ2n) is 7.44. The Kier molecular flexibility index (Phi) is 4.80. The highest BCUT2D eigenvalue weighted by Gasteiger charge is 2.23. The number of carbonyl (C=O) groups is 1. The predicted molar refractivity (Wildman–Crippen MR) is 108 cm³/mol. The molecule has 0 unspecified atom stereocenters. The van der Waals surface area contributed by atoms with E-state index < -0.39 is 0 Å². The molecule has 2 aromatic carbocycles. The summed E-state index contributed by atoms with van der Waals surface area (Å²) in [5, 5.41) is 11.6. The molecule has 30 heavy (non-hydrogen) atoms. The number of benzene rings is 2. The van der Waals surface area contributed by atoms with Crippen LogP contribution in [0.1, 0.15) is 21.7 Å². The number of nitrogens with zero attached hydrogens (tertiary/aromatic N) is 6. The second-order valence-corrected chi connectivity index (χ2v) is 7.44. The van der Waals surface area contributed by atoms with Crippen LogP contribution in [0, 0.1) is 6.92 Å². The van der Waals surface area contributed by atoms with E-state index in [0.29, 0.717) is 24.5 Å². The standard InChI is InChI=1S/C21H22N6O3/c1-15-22-23-24-27(15)18-4-2-3-17(12-18)21(28)26-9-7-25(8-10-26)13-16-5-6-19-20(11-16)30-14-29-19/h2-6,11-12H,7-10,13-14H2,1H3. The van der Waals surface area contributed by atoms with Crippen LogP contribution < -0.4 is 9.47 Å². The Balaban J connectivity index is 1.21. The third kappa shape index (κ3) is 3.59. The van der Waals surface area contributed by atoms with Gasteiger partial charge in [0, 0.05) is 38.3 Å². The van der Waals surface area contributed by atoms with Gasteiger partial charge >= 0.3 is 0 Å². The topological polar surface area (TPSA) is 85.6 Å². The number of hydrogen-bond donors (Lipinski definition) is 0. The van der Waals surface area contributed by atoms with Crippen LogP contribution >= 0.6 is 0 Å². The Morgan fingerprint density at radius 1 is 1.03 bits per heavy atom. The van der Waals surface area contributed by atoms with Crippen molar-refractivity contribution in [1.82, 2.24) is 30.0 Å². The zero-order valence-corrected chi connectivity index (χ0v) is 16.7. The average molecular weight is 406 g/mol. The van der Waals surface area contributed by atoms with E-state index in [1.165, 1.54) is 5.56 Å². The monoisotopic (exact) mass is 406 g/mol. The number of hydrogen-bond acceptors (Lipinski definition) is 7. The maximum atomic E-state index is 13.0. The molecule has 9 heteroatoms. The molecular weight excluding hydrogens is 384 g/mol. The number of aromatic nitrogens is 4. The molecule has 1 saturated heterocycles. The molecule has 3 aromatic rings. The van der Waals surface area contributed by atoms with Gasteiger partial charge in [-0.2, -0.15) is 4.68 Å². The highest BCUT2D eigenvalue weighted by Crippen LogP contribution is 2.32. The van der Waals surface area contributed by atoms with Crippen LogP contribution in [0.3, 0.4) is 0 Å². The van der Waals surface area contributed by atoms with Crippen molar-refractivity contribution in [1.29, 1.82) is 0 Å². The molecule has 2 aliphatic rings. The van der Waals surface area contributed by atoms with Crippen LogP contribution in [0.4, 0.5) is 0 Å². The van der Waals surface area contributed by atoms with E-state index in [0.717, 1.165) is 36.8 Å². The Morgan fingerprint density at radius 3 is 2.67 bits per heavy atom. The summed E-state index contributed by atoms with van der Waals surface area (Å²) in [5.41, 5.74) is 2.61. The first kappa shape index (κ1) is 18.6. The van der Waals surface area contributed by atoms with Gasteiger partial charge in [-0.25, -0.2) is 0 Å². The van der Waals surface area contributed by atoms with Crippen molar-refractivity contribution < 1.29 is 14.3 Å². The van der Waals surface area contributed by atoms with Gasteiger partial charge in [0.15, 0.2) is 17.3 Å². The lowest BCUT2D eigenvalue weighted by Crippen LogP contribution is -2.48. The second kappa shape index (κ2) is 7.75. The molecule has 0 bridgehead atoms. The first-order valence-electron chi connectivity index (χ1n) is 9.93. The molecule has 0 saturated carbocycles. The Labute approximate surface area is 173 Å². The number of amides is 1. The average Bonchev–Trinajstić information content (AvgIpc) is 3.42. The summed E-state index contributed by atoms with van der Waals surface area (Å²) in [6.45, 7) is 5.97. The van der Waals surface area contributed by atoms with Crippen molar-refractivity contribution >= 4 is 5.91 Å². The fourth-order valence-corrected chi connectivity index (χ4v) is 3.83. The maximum Gasteiger partial charge on any atom is 0.254 e. The van der Waals surface area contributed by atoms with Crippen LogP contribution in [0.2, 0.25) is 0 Å². The smallest absolute Gasteiger partial charge is 0.254 e. The zero-order valence-electron chi connectivity index (χ0n) is 16.7. The third-order valence-electron chi connectivity index (χ3n) is 5.47. The summed E-state index contributed by atoms with van der Waals surface area (Å²) < 4.78 is 12.5. The van der Waals surface area contributed by atoms with Crippen molar-refractivity contribution in [3.8, 4) is 17.2 Å². The highest BCUT2D eigenvalue weighted by atomic mass is 16.7. The largest absolute Gasteiger partial charge is 0.454 e. The number of ether oxygens (including phenoxy) is 2. The lowest BCUT2D eigenvalue weighted by molar-refractivity contribution is 0.0628. The Morgan fingerprint density at radius 2 is 1.87 bits per heavy atom. The number of tetrazole rings is 1. The molecule has 0 radical (unpaired) electrons. The van der Waals surface area contributed by atoms with Crippen molar-refractivity contribution in [2.75, 3.05) is 33.0 Å². The molecule has 3 heterocycles. The van der Waals surface area contributed by atoms with Crippen LogP contribution in [0.25, 0.3) is 5.69 Å². The van der Waals surface area contributed by atoms with Gasteiger partial charge in [-0.15, -0.1) is 5.10 Å². The van der Waals surface area contributed by atoms with Gasteiger partial charge in [0.05, 0.1) is 5.69 Å². The van der Waals surface area contributed by atoms with Crippen molar-refractivity contribution in [3.63, 3.8) is 0 Å². The molecular formula is C21H22N6O3. The molecule has 1 amide bonds. The van der Waals surface area contributed by atoms with Crippen molar-refractivity contribution in [2.45, 2.75) is 13.5 Å². The van der Waals surface area contributed by atoms with Crippen LogP contribution in [-0.4, -0.2) is 68.9 Å². The molecule has 0 aliphatic carbocycles. The molecule has 154 valence electrons. The molecule has 9 nitrogen and oxygen atoms in total. The summed E-state index contributed by atoms with van der Waals surface area (Å²) in [6.07, 6.45) is 0. The predicted octanol–water partition coefficient (Wildman–Crippen LogP) is 1.66. The van der Waals surface area contributed by atoms with Gasteiger partial charge in [-0.3, -0.25) is 9.69 Å². The molecule has 1 fully saturated rings. The SMILES string of the molecule is Cc1nnnn1-c1cccc(C(=O)N2CCN(Cc3ccc4c(c3)OCO4)CC2)c1. The minimum atomic E-state index is 0.0327. The van der Waals surface area contributed by atoms with Crippen molar-refractivity contribution in [2.24, 2.45) is 0 Å². The van der Waals surface area contributed by atoms with Gasteiger partial charge in [0.1, 0.15) is 0 Å². The third-order valence-corrected chi connectivity index (χ3v) is 5.47. The maximum absolute atomic E-state index is 13.0. The normalized spacial score (nSPS) is 16.1. The minimum Gasteiger partial charge on any atom is -0.454 e.